The molecule has 3 aromatic rings. The molecule has 0 aliphatic carbocycles. The third kappa shape index (κ3) is 4.43. The van der Waals surface area contributed by atoms with Gasteiger partial charge in [-0.3, -0.25) is 9.59 Å². The first-order valence-electron chi connectivity index (χ1n) is 9.11. The molecule has 0 bridgehead atoms. The lowest BCUT2D eigenvalue weighted by Gasteiger charge is -2.09. The van der Waals surface area contributed by atoms with E-state index >= 15 is 0 Å². The van der Waals surface area contributed by atoms with Gasteiger partial charge >= 0.3 is 0 Å². The minimum Gasteiger partial charge on any atom is -0.343 e. The zero-order chi connectivity index (χ0) is 20.1. The topological polar surface area (TPSA) is 88.9 Å². The minimum atomic E-state index is -0.300. The van der Waals surface area contributed by atoms with Crippen molar-refractivity contribution >= 4 is 17.5 Å². The van der Waals surface area contributed by atoms with E-state index in [0.717, 1.165) is 29.1 Å². The highest BCUT2D eigenvalue weighted by Crippen LogP contribution is 2.20. The van der Waals surface area contributed by atoms with E-state index in [-0.39, 0.29) is 18.4 Å². The van der Waals surface area contributed by atoms with Crippen molar-refractivity contribution in [2.45, 2.75) is 27.3 Å². The fourth-order valence-electron chi connectivity index (χ4n) is 2.80. The van der Waals surface area contributed by atoms with Crippen molar-refractivity contribution in [3.05, 3.63) is 65.5 Å². The second-order valence-corrected chi connectivity index (χ2v) is 6.55. The van der Waals surface area contributed by atoms with E-state index in [1.807, 2.05) is 55.7 Å². The zero-order valence-corrected chi connectivity index (χ0v) is 16.2. The number of carbonyl (C=O) groups is 2. The van der Waals surface area contributed by atoms with Gasteiger partial charge in [0, 0.05) is 23.4 Å². The summed E-state index contributed by atoms with van der Waals surface area (Å²) in [7, 11) is 0. The molecule has 0 saturated carbocycles. The Labute approximate surface area is 163 Å². The number of aromatic nitrogens is 3. The van der Waals surface area contributed by atoms with Crippen LogP contribution in [0, 0.1) is 13.8 Å². The average molecular weight is 377 g/mol. The molecule has 0 spiro atoms. The molecule has 0 aliphatic rings. The molecular formula is C21H23N5O2. The van der Waals surface area contributed by atoms with Crippen LogP contribution >= 0.6 is 0 Å². The number of aryl methyl sites for hydroxylation is 3. The molecule has 0 radical (unpaired) electrons. The Morgan fingerprint density at radius 2 is 1.89 bits per heavy atom. The molecule has 2 N–H and O–H groups in total. The first-order valence-corrected chi connectivity index (χ1v) is 9.11. The summed E-state index contributed by atoms with van der Waals surface area (Å²) >= 11 is 0. The van der Waals surface area contributed by atoms with Gasteiger partial charge in [-0.2, -0.15) is 0 Å². The summed E-state index contributed by atoms with van der Waals surface area (Å²) in [5, 5.41) is 13.5. The molecule has 28 heavy (non-hydrogen) atoms. The molecule has 2 amide bonds. The highest BCUT2D eigenvalue weighted by molar-refractivity contribution is 5.99. The van der Waals surface area contributed by atoms with E-state index in [4.69, 9.17) is 0 Å². The normalized spacial score (nSPS) is 10.5. The molecule has 1 heterocycles. The Morgan fingerprint density at radius 3 is 2.64 bits per heavy atom. The van der Waals surface area contributed by atoms with Crippen LogP contribution in [0.4, 0.5) is 5.69 Å². The van der Waals surface area contributed by atoms with Gasteiger partial charge in [0.05, 0.1) is 6.54 Å². The molecule has 0 saturated heterocycles. The number of hydrogen-bond acceptors (Lipinski definition) is 4. The van der Waals surface area contributed by atoms with Crippen LogP contribution in [0.1, 0.15) is 28.4 Å². The van der Waals surface area contributed by atoms with E-state index in [1.54, 1.807) is 18.5 Å². The maximum Gasteiger partial charge on any atom is 0.251 e. The highest BCUT2D eigenvalue weighted by atomic mass is 16.2. The fraction of sp³-hybridized carbons (Fsp3) is 0.238. The molecule has 1 aromatic heterocycles. The second kappa shape index (κ2) is 8.47. The van der Waals surface area contributed by atoms with Gasteiger partial charge in [0.1, 0.15) is 6.33 Å². The lowest BCUT2D eigenvalue weighted by Crippen LogP contribution is -2.32. The van der Waals surface area contributed by atoms with Crippen LogP contribution in [0.5, 0.6) is 0 Å². The van der Waals surface area contributed by atoms with Crippen molar-refractivity contribution in [1.82, 2.24) is 20.1 Å². The van der Waals surface area contributed by atoms with Gasteiger partial charge in [-0.15, -0.1) is 10.2 Å². The quantitative estimate of drug-likeness (QED) is 0.691. The predicted octanol–water partition coefficient (Wildman–Crippen LogP) is 2.95. The smallest absolute Gasteiger partial charge is 0.251 e. The minimum absolute atomic E-state index is 0.110. The highest BCUT2D eigenvalue weighted by Gasteiger charge is 2.11. The van der Waals surface area contributed by atoms with Crippen LogP contribution in [0.3, 0.4) is 0 Å². The molecule has 0 atom stereocenters. The van der Waals surface area contributed by atoms with Crippen molar-refractivity contribution < 1.29 is 9.59 Å². The average Bonchev–Trinajstić information content (AvgIpc) is 3.17. The van der Waals surface area contributed by atoms with Gasteiger partial charge in [0.2, 0.25) is 5.91 Å². The maximum absolute atomic E-state index is 12.2. The van der Waals surface area contributed by atoms with Crippen LogP contribution in [0.25, 0.3) is 11.4 Å². The predicted molar refractivity (Wildman–Crippen MR) is 108 cm³/mol. The molecule has 0 unspecified atom stereocenters. The van der Waals surface area contributed by atoms with Crippen molar-refractivity contribution in [3.8, 4) is 11.4 Å². The molecule has 2 aromatic carbocycles. The van der Waals surface area contributed by atoms with Crippen molar-refractivity contribution in [2.24, 2.45) is 0 Å². The first kappa shape index (κ1) is 19.3. The van der Waals surface area contributed by atoms with E-state index in [1.165, 1.54) is 0 Å². The Balaban J connectivity index is 1.61. The van der Waals surface area contributed by atoms with Gasteiger partial charge in [-0.25, -0.2) is 0 Å². The van der Waals surface area contributed by atoms with Crippen LogP contribution in [0.15, 0.2) is 48.8 Å². The number of hydrogen-bond donors (Lipinski definition) is 2. The maximum atomic E-state index is 12.2. The van der Waals surface area contributed by atoms with Gasteiger partial charge in [0.15, 0.2) is 5.82 Å². The summed E-state index contributed by atoms with van der Waals surface area (Å²) in [4.78, 5) is 24.5. The number of benzene rings is 2. The number of nitrogens with zero attached hydrogens (tertiary/aromatic N) is 3. The summed E-state index contributed by atoms with van der Waals surface area (Å²) in [6.07, 6.45) is 1.67. The monoisotopic (exact) mass is 377 g/mol. The molecule has 0 aliphatic heterocycles. The van der Waals surface area contributed by atoms with E-state index in [0.29, 0.717) is 11.3 Å². The molecule has 7 nitrogen and oxygen atoms in total. The van der Waals surface area contributed by atoms with Gasteiger partial charge in [-0.05, 0) is 56.2 Å². The van der Waals surface area contributed by atoms with E-state index in [9.17, 15) is 9.59 Å². The largest absolute Gasteiger partial charge is 0.343 e. The summed E-state index contributed by atoms with van der Waals surface area (Å²) in [5.41, 5.74) is 4.18. The summed E-state index contributed by atoms with van der Waals surface area (Å²) < 4.78 is 1.92. The Morgan fingerprint density at radius 1 is 1.07 bits per heavy atom. The second-order valence-electron chi connectivity index (χ2n) is 6.55. The van der Waals surface area contributed by atoms with Gasteiger partial charge in [-0.1, -0.05) is 18.2 Å². The van der Waals surface area contributed by atoms with Crippen LogP contribution < -0.4 is 10.6 Å². The van der Waals surface area contributed by atoms with Crippen LogP contribution in [0.2, 0.25) is 0 Å². The van der Waals surface area contributed by atoms with E-state index in [2.05, 4.69) is 20.8 Å². The molecule has 3 rings (SSSR count). The Hall–Kier alpha value is -3.48. The van der Waals surface area contributed by atoms with Gasteiger partial charge < -0.3 is 15.2 Å². The SMILES string of the molecule is CCn1cnnc1-c1cccc(NC(=O)CNC(=O)c2ccc(C)c(C)c2)c1. The fourth-order valence-corrected chi connectivity index (χ4v) is 2.80. The van der Waals surface area contributed by atoms with Crippen molar-refractivity contribution in [2.75, 3.05) is 11.9 Å². The van der Waals surface area contributed by atoms with Crippen molar-refractivity contribution in [1.29, 1.82) is 0 Å². The van der Waals surface area contributed by atoms with E-state index < -0.39 is 0 Å². The number of carbonyl (C=O) groups excluding carboxylic acids is 2. The molecular weight excluding hydrogens is 354 g/mol. The first-order chi connectivity index (χ1) is 13.5. The third-order valence-corrected chi connectivity index (χ3v) is 4.54. The third-order valence-electron chi connectivity index (χ3n) is 4.54. The molecule has 144 valence electrons. The summed E-state index contributed by atoms with van der Waals surface area (Å²) in [6.45, 7) is 6.59. The molecule has 0 fully saturated rings. The lowest BCUT2D eigenvalue weighted by atomic mass is 10.1. The van der Waals surface area contributed by atoms with Crippen molar-refractivity contribution in [3.63, 3.8) is 0 Å². The molecule has 7 heteroatoms. The summed E-state index contributed by atoms with van der Waals surface area (Å²) in [6, 6.07) is 12.8. The lowest BCUT2D eigenvalue weighted by molar-refractivity contribution is -0.115. The summed E-state index contributed by atoms with van der Waals surface area (Å²) in [5.74, 6) is 0.163. The number of amides is 2. The van der Waals surface area contributed by atoms with Gasteiger partial charge in [0.25, 0.3) is 5.91 Å². The number of rotatable bonds is 6. The zero-order valence-electron chi connectivity index (χ0n) is 16.2. The number of nitrogens with one attached hydrogen (secondary N) is 2. The van der Waals surface area contributed by atoms with Crippen LogP contribution in [-0.4, -0.2) is 33.1 Å². The van der Waals surface area contributed by atoms with Crippen LogP contribution in [-0.2, 0) is 11.3 Å². The Bertz CT molecular complexity index is 1010. The Kier molecular flexibility index (Phi) is 5.84. The number of anilines is 1. The standard InChI is InChI=1S/C21H23N5O2/c1-4-26-13-23-25-20(26)16-6-5-7-18(11-16)24-19(27)12-22-21(28)17-9-8-14(2)15(3)10-17/h5-11,13H,4,12H2,1-3H3,(H,22,28)(H,24,27).